The molecule has 0 bridgehead atoms. The minimum absolute atomic E-state index is 0.282. The second-order valence-electron chi connectivity index (χ2n) is 7.17. The van der Waals surface area contributed by atoms with Crippen LogP contribution in [0.2, 0.25) is 0 Å². The Morgan fingerprint density at radius 3 is 2.83 bits per heavy atom. The standard InChI is InChI=1S/C18H26N4O2/c1-12-17(14(3)24-20-12)9-21-6-7-22-16(8-19-18(22)13(21)2)11-23-10-15-4-5-15/h8,13,15H,4-7,9-11H2,1-3H3/t13-/m0/s1. The van der Waals surface area contributed by atoms with E-state index in [4.69, 9.17) is 9.26 Å². The number of hydrogen-bond acceptors (Lipinski definition) is 5. The summed E-state index contributed by atoms with van der Waals surface area (Å²) in [4.78, 5) is 7.13. The second-order valence-corrected chi connectivity index (χ2v) is 7.17. The van der Waals surface area contributed by atoms with Crippen LogP contribution in [0.25, 0.3) is 0 Å². The van der Waals surface area contributed by atoms with Crippen LogP contribution in [0.4, 0.5) is 0 Å². The minimum Gasteiger partial charge on any atom is -0.375 e. The van der Waals surface area contributed by atoms with Crippen LogP contribution in [0.1, 0.15) is 54.3 Å². The number of nitrogens with zero attached hydrogens (tertiary/aromatic N) is 4. The molecule has 24 heavy (non-hydrogen) atoms. The molecule has 130 valence electrons. The molecule has 1 saturated carbocycles. The molecule has 0 saturated heterocycles. The summed E-state index contributed by atoms with van der Waals surface area (Å²) in [5.41, 5.74) is 3.40. The number of fused-ring (bicyclic) bond motifs is 1. The lowest BCUT2D eigenvalue weighted by atomic mass is 10.1. The maximum Gasteiger partial charge on any atom is 0.138 e. The molecule has 4 rings (SSSR count). The van der Waals surface area contributed by atoms with Crippen molar-refractivity contribution in [3.63, 3.8) is 0 Å². The summed E-state index contributed by atoms with van der Waals surface area (Å²) in [6.07, 6.45) is 4.65. The summed E-state index contributed by atoms with van der Waals surface area (Å²) < 4.78 is 13.5. The minimum atomic E-state index is 0.282. The van der Waals surface area contributed by atoms with Crippen molar-refractivity contribution in [2.45, 2.75) is 59.4 Å². The Balaban J connectivity index is 1.44. The molecule has 2 aromatic heterocycles. The topological polar surface area (TPSA) is 56.3 Å². The van der Waals surface area contributed by atoms with Gasteiger partial charge in [-0.25, -0.2) is 4.98 Å². The zero-order valence-electron chi connectivity index (χ0n) is 14.8. The highest BCUT2D eigenvalue weighted by molar-refractivity contribution is 5.21. The number of aromatic nitrogens is 3. The summed E-state index contributed by atoms with van der Waals surface area (Å²) in [6, 6.07) is 0.282. The molecular weight excluding hydrogens is 304 g/mol. The van der Waals surface area contributed by atoms with E-state index in [-0.39, 0.29) is 6.04 Å². The molecule has 1 fully saturated rings. The predicted molar refractivity (Wildman–Crippen MR) is 89.4 cm³/mol. The predicted octanol–water partition coefficient (Wildman–Crippen LogP) is 2.99. The van der Waals surface area contributed by atoms with Gasteiger partial charge in [0, 0.05) is 31.8 Å². The number of aryl methyl sites for hydroxylation is 2. The molecule has 2 aliphatic rings. The lowest BCUT2D eigenvalue weighted by Gasteiger charge is -2.34. The average molecular weight is 330 g/mol. The highest BCUT2D eigenvalue weighted by atomic mass is 16.5. The number of imidazole rings is 1. The van der Waals surface area contributed by atoms with Crippen LogP contribution in [0.3, 0.4) is 0 Å². The van der Waals surface area contributed by atoms with Crippen molar-refractivity contribution in [1.29, 1.82) is 0 Å². The Bertz CT molecular complexity index is 697. The smallest absolute Gasteiger partial charge is 0.138 e. The van der Waals surface area contributed by atoms with Crippen LogP contribution in [0.5, 0.6) is 0 Å². The zero-order chi connectivity index (χ0) is 16.7. The van der Waals surface area contributed by atoms with Crippen molar-refractivity contribution in [3.05, 3.63) is 34.7 Å². The lowest BCUT2D eigenvalue weighted by molar-refractivity contribution is 0.101. The van der Waals surface area contributed by atoms with E-state index < -0.39 is 0 Å². The fraction of sp³-hybridized carbons (Fsp3) is 0.667. The first-order valence-corrected chi connectivity index (χ1v) is 8.91. The fourth-order valence-electron chi connectivity index (χ4n) is 3.48. The largest absolute Gasteiger partial charge is 0.375 e. The third-order valence-electron chi connectivity index (χ3n) is 5.34. The third kappa shape index (κ3) is 3.00. The fourth-order valence-corrected chi connectivity index (χ4v) is 3.48. The molecule has 6 heteroatoms. The molecule has 1 atom stereocenters. The Morgan fingerprint density at radius 2 is 2.12 bits per heavy atom. The van der Waals surface area contributed by atoms with Gasteiger partial charge in [0.15, 0.2) is 0 Å². The molecule has 0 N–H and O–H groups in total. The molecule has 0 aromatic carbocycles. The van der Waals surface area contributed by atoms with E-state index in [2.05, 4.69) is 26.5 Å². The first kappa shape index (κ1) is 15.8. The normalized spacial score (nSPS) is 21.2. The van der Waals surface area contributed by atoms with Crippen LogP contribution >= 0.6 is 0 Å². The van der Waals surface area contributed by atoms with Crippen LogP contribution in [0, 0.1) is 19.8 Å². The van der Waals surface area contributed by atoms with Gasteiger partial charge in [-0.2, -0.15) is 0 Å². The quantitative estimate of drug-likeness (QED) is 0.815. The average Bonchev–Trinajstić information content (AvgIpc) is 3.22. The van der Waals surface area contributed by atoms with Crippen LogP contribution in [-0.4, -0.2) is 32.8 Å². The van der Waals surface area contributed by atoms with Gasteiger partial charge in [-0.05, 0) is 39.5 Å². The molecular formula is C18H26N4O2. The molecule has 0 spiro atoms. The number of ether oxygens (including phenoxy) is 1. The molecule has 0 radical (unpaired) electrons. The van der Waals surface area contributed by atoms with Gasteiger partial charge in [0.2, 0.25) is 0 Å². The maximum absolute atomic E-state index is 5.85. The van der Waals surface area contributed by atoms with Crippen molar-refractivity contribution in [2.24, 2.45) is 5.92 Å². The van der Waals surface area contributed by atoms with Crippen molar-refractivity contribution in [1.82, 2.24) is 19.6 Å². The lowest BCUT2D eigenvalue weighted by Crippen LogP contribution is -2.37. The van der Waals surface area contributed by atoms with E-state index in [9.17, 15) is 0 Å². The monoisotopic (exact) mass is 330 g/mol. The molecule has 1 aliphatic carbocycles. The third-order valence-corrected chi connectivity index (χ3v) is 5.34. The van der Waals surface area contributed by atoms with Gasteiger partial charge in [-0.3, -0.25) is 4.90 Å². The summed E-state index contributed by atoms with van der Waals surface area (Å²) in [5, 5.41) is 4.07. The molecule has 3 heterocycles. The van der Waals surface area contributed by atoms with E-state index in [1.165, 1.54) is 24.1 Å². The van der Waals surface area contributed by atoms with Crippen LogP contribution < -0.4 is 0 Å². The highest BCUT2D eigenvalue weighted by Gasteiger charge is 2.28. The number of rotatable bonds is 6. The Labute approximate surface area is 142 Å². The SMILES string of the molecule is Cc1noc(C)c1CN1CCn2c(COCC3CC3)cnc2[C@@H]1C. The number of hydrogen-bond donors (Lipinski definition) is 0. The Kier molecular flexibility index (Phi) is 4.18. The Morgan fingerprint density at radius 1 is 1.29 bits per heavy atom. The van der Waals surface area contributed by atoms with Gasteiger partial charge >= 0.3 is 0 Å². The zero-order valence-corrected chi connectivity index (χ0v) is 14.8. The molecule has 0 amide bonds. The van der Waals surface area contributed by atoms with Gasteiger partial charge in [-0.15, -0.1) is 0 Å². The summed E-state index contributed by atoms with van der Waals surface area (Å²) in [6.45, 7) is 10.6. The van der Waals surface area contributed by atoms with Crippen molar-refractivity contribution < 1.29 is 9.26 Å². The van der Waals surface area contributed by atoms with Gasteiger partial charge in [0.1, 0.15) is 11.6 Å². The van der Waals surface area contributed by atoms with Crippen LogP contribution in [0.15, 0.2) is 10.7 Å². The first-order valence-electron chi connectivity index (χ1n) is 8.91. The van der Waals surface area contributed by atoms with Gasteiger partial charge in [0.25, 0.3) is 0 Å². The van der Waals surface area contributed by atoms with E-state index in [1.54, 1.807) is 0 Å². The van der Waals surface area contributed by atoms with Gasteiger partial charge < -0.3 is 13.8 Å². The second kappa shape index (κ2) is 6.33. The van der Waals surface area contributed by atoms with E-state index in [0.29, 0.717) is 6.61 Å². The maximum atomic E-state index is 5.85. The summed E-state index contributed by atoms with van der Waals surface area (Å²) in [5.74, 6) is 2.86. The Hall–Kier alpha value is -1.66. The summed E-state index contributed by atoms with van der Waals surface area (Å²) in [7, 11) is 0. The van der Waals surface area contributed by atoms with E-state index >= 15 is 0 Å². The molecule has 1 aliphatic heterocycles. The van der Waals surface area contributed by atoms with Crippen LogP contribution in [-0.2, 0) is 24.4 Å². The summed E-state index contributed by atoms with van der Waals surface area (Å²) >= 11 is 0. The van der Waals surface area contributed by atoms with Crippen molar-refractivity contribution >= 4 is 0 Å². The van der Waals surface area contributed by atoms with Gasteiger partial charge in [0.05, 0.1) is 30.2 Å². The highest BCUT2D eigenvalue weighted by Crippen LogP contribution is 2.30. The molecule has 6 nitrogen and oxygen atoms in total. The van der Waals surface area contributed by atoms with Gasteiger partial charge in [-0.1, -0.05) is 5.16 Å². The molecule has 0 unspecified atom stereocenters. The van der Waals surface area contributed by atoms with E-state index in [0.717, 1.165) is 49.4 Å². The van der Waals surface area contributed by atoms with E-state index in [1.807, 2.05) is 20.0 Å². The van der Waals surface area contributed by atoms with Crippen molar-refractivity contribution in [2.75, 3.05) is 13.2 Å². The molecule has 2 aromatic rings. The van der Waals surface area contributed by atoms with Crippen molar-refractivity contribution in [3.8, 4) is 0 Å². The first-order chi connectivity index (χ1) is 11.6.